The molecule has 0 saturated carbocycles. The predicted molar refractivity (Wildman–Crippen MR) is 103 cm³/mol. The van der Waals surface area contributed by atoms with Gasteiger partial charge in [-0.15, -0.1) is 0 Å². The third-order valence-electron chi connectivity index (χ3n) is 5.06. The first-order valence-electron chi connectivity index (χ1n) is 9.18. The Morgan fingerprint density at radius 1 is 1.26 bits per heavy atom. The Kier molecular flexibility index (Phi) is 4.81. The van der Waals surface area contributed by atoms with Crippen molar-refractivity contribution in [3.8, 4) is 5.75 Å². The number of ether oxygens (including phenoxy) is 1. The lowest BCUT2D eigenvalue weighted by atomic mass is 10.0. The molecule has 1 aromatic heterocycles. The minimum Gasteiger partial charge on any atom is -0.488 e. The van der Waals surface area contributed by atoms with Gasteiger partial charge in [0.2, 0.25) is 0 Å². The average Bonchev–Trinajstić information content (AvgIpc) is 2.95. The van der Waals surface area contributed by atoms with E-state index in [1.165, 1.54) is 0 Å². The second-order valence-electron chi connectivity index (χ2n) is 7.02. The Bertz CT molecular complexity index is 956. The Labute approximate surface area is 157 Å². The fourth-order valence-electron chi connectivity index (χ4n) is 3.20. The number of amides is 1. The van der Waals surface area contributed by atoms with Crippen LogP contribution in [0.4, 0.5) is 0 Å². The molecule has 27 heavy (non-hydrogen) atoms. The minimum absolute atomic E-state index is 0.110. The Morgan fingerprint density at radius 2 is 2.00 bits per heavy atom. The molecule has 4 rings (SSSR count). The standard InChI is InChI=1S/C21H23N3O3/c1-13-19(14(2)27-24-13)12-26-20-8-17-6-4-3-5-16(17)7-18(20)21(25)23-11-15-9-22-10-15/h3-8,15,22H,9-12H2,1-2H3,(H,23,25). The van der Waals surface area contributed by atoms with Crippen LogP contribution in [0.2, 0.25) is 0 Å². The molecule has 6 nitrogen and oxygen atoms in total. The lowest BCUT2D eigenvalue weighted by molar-refractivity contribution is 0.0938. The summed E-state index contributed by atoms with van der Waals surface area (Å²) in [4.78, 5) is 12.8. The number of hydrogen-bond donors (Lipinski definition) is 2. The summed E-state index contributed by atoms with van der Waals surface area (Å²) in [6.07, 6.45) is 0. The molecule has 2 heterocycles. The predicted octanol–water partition coefficient (Wildman–Crippen LogP) is 2.97. The molecule has 140 valence electrons. The number of aromatic nitrogens is 1. The van der Waals surface area contributed by atoms with Gasteiger partial charge in [0.05, 0.1) is 16.8 Å². The first-order chi connectivity index (χ1) is 13.1. The molecule has 1 amide bonds. The minimum atomic E-state index is -0.110. The van der Waals surface area contributed by atoms with Crippen LogP contribution < -0.4 is 15.4 Å². The maximum absolute atomic E-state index is 12.8. The summed E-state index contributed by atoms with van der Waals surface area (Å²) in [7, 11) is 0. The lowest BCUT2D eigenvalue weighted by Crippen LogP contribution is -2.48. The fourth-order valence-corrected chi connectivity index (χ4v) is 3.20. The van der Waals surface area contributed by atoms with Gasteiger partial charge in [0, 0.05) is 25.6 Å². The summed E-state index contributed by atoms with van der Waals surface area (Å²) in [5, 5.41) is 12.3. The van der Waals surface area contributed by atoms with Crippen molar-refractivity contribution in [3.05, 3.63) is 59.0 Å². The molecule has 0 atom stereocenters. The first-order valence-corrected chi connectivity index (χ1v) is 9.18. The van der Waals surface area contributed by atoms with E-state index in [1.54, 1.807) is 0 Å². The quantitative estimate of drug-likeness (QED) is 0.702. The second kappa shape index (κ2) is 7.40. The largest absolute Gasteiger partial charge is 0.488 e. The molecule has 0 spiro atoms. The number of hydrogen-bond acceptors (Lipinski definition) is 5. The van der Waals surface area contributed by atoms with Gasteiger partial charge in [0.1, 0.15) is 18.1 Å². The summed E-state index contributed by atoms with van der Waals surface area (Å²) in [5.74, 6) is 1.69. The van der Waals surface area contributed by atoms with Gasteiger partial charge in [-0.3, -0.25) is 4.79 Å². The van der Waals surface area contributed by atoms with E-state index in [0.29, 0.717) is 30.4 Å². The van der Waals surface area contributed by atoms with Gasteiger partial charge >= 0.3 is 0 Å². The van der Waals surface area contributed by atoms with Crippen LogP contribution in [0, 0.1) is 19.8 Å². The maximum Gasteiger partial charge on any atom is 0.255 e. The summed E-state index contributed by atoms with van der Waals surface area (Å²) in [6.45, 7) is 6.63. The number of rotatable bonds is 6. The Hall–Kier alpha value is -2.86. The van der Waals surface area contributed by atoms with Crippen LogP contribution in [0.25, 0.3) is 10.8 Å². The highest BCUT2D eigenvalue weighted by molar-refractivity contribution is 6.01. The molecule has 0 unspecified atom stereocenters. The summed E-state index contributed by atoms with van der Waals surface area (Å²) in [5.41, 5.74) is 2.26. The van der Waals surface area contributed by atoms with Crippen molar-refractivity contribution in [3.63, 3.8) is 0 Å². The molecule has 1 aliphatic heterocycles. The molecule has 6 heteroatoms. The van der Waals surface area contributed by atoms with Gasteiger partial charge < -0.3 is 19.9 Å². The van der Waals surface area contributed by atoms with Crippen molar-refractivity contribution in [2.45, 2.75) is 20.5 Å². The zero-order valence-electron chi connectivity index (χ0n) is 15.5. The van der Waals surface area contributed by atoms with Crippen molar-refractivity contribution in [2.24, 2.45) is 5.92 Å². The van der Waals surface area contributed by atoms with Crippen LogP contribution in [-0.2, 0) is 6.61 Å². The molecule has 2 aromatic carbocycles. The summed E-state index contributed by atoms with van der Waals surface area (Å²) >= 11 is 0. The molecule has 0 radical (unpaired) electrons. The number of carbonyl (C=O) groups excluding carboxylic acids is 1. The van der Waals surface area contributed by atoms with Crippen LogP contribution in [0.1, 0.15) is 27.4 Å². The number of benzene rings is 2. The first kappa shape index (κ1) is 17.5. The molecular formula is C21H23N3O3. The van der Waals surface area contributed by atoms with Crippen LogP contribution in [0.3, 0.4) is 0 Å². The highest BCUT2D eigenvalue weighted by atomic mass is 16.5. The molecule has 2 N–H and O–H groups in total. The zero-order chi connectivity index (χ0) is 18.8. The van der Waals surface area contributed by atoms with Crippen LogP contribution in [0.15, 0.2) is 40.9 Å². The normalized spacial score (nSPS) is 14.1. The van der Waals surface area contributed by atoms with Gasteiger partial charge in [0.15, 0.2) is 0 Å². The van der Waals surface area contributed by atoms with Gasteiger partial charge in [-0.05, 0) is 36.8 Å². The fraction of sp³-hybridized carbons (Fsp3) is 0.333. The molecule has 1 aliphatic rings. The van der Waals surface area contributed by atoms with E-state index in [4.69, 9.17) is 9.26 Å². The van der Waals surface area contributed by atoms with Crippen molar-refractivity contribution in [1.82, 2.24) is 15.8 Å². The van der Waals surface area contributed by atoms with Crippen molar-refractivity contribution < 1.29 is 14.1 Å². The molecular weight excluding hydrogens is 342 g/mol. The third kappa shape index (κ3) is 3.66. The number of nitrogens with one attached hydrogen (secondary N) is 2. The van der Waals surface area contributed by atoms with Crippen molar-refractivity contribution >= 4 is 16.7 Å². The van der Waals surface area contributed by atoms with E-state index >= 15 is 0 Å². The van der Waals surface area contributed by atoms with Crippen LogP contribution in [-0.4, -0.2) is 30.7 Å². The van der Waals surface area contributed by atoms with E-state index in [2.05, 4.69) is 15.8 Å². The van der Waals surface area contributed by atoms with Crippen molar-refractivity contribution in [2.75, 3.05) is 19.6 Å². The lowest BCUT2D eigenvalue weighted by Gasteiger charge is -2.27. The van der Waals surface area contributed by atoms with Crippen molar-refractivity contribution in [1.29, 1.82) is 0 Å². The van der Waals surface area contributed by atoms with E-state index in [-0.39, 0.29) is 5.91 Å². The van der Waals surface area contributed by atoms with E-state index < -0.39 is 0 Å². The van der Waals surface area contributed by atoms with Gasteiger partial charge in [-0.2, -0.15) is 0 Å². The summed E-state index contributed by atoms with van der Waals surface area (Å²) in [6, 6.07) is 11.8. The maximum atomic E-state index is 12.8. The second-order valence-corrected chi connectivity index (χ2v) is 7.02. The number of aryl methyl sites for hydroxylation is 2. The number of carbonyl (C=O) groups is 1. The number of nitrogens with zero attached hydrogens (tertiary/aromatic N) is 1. The zero-order valence-corrected chi connectivity index (χ0v) is 15.5. The van der Waals surface area contributed by atoms with Crippen LogP contribution >= 0.6 is 0 Å². The smallest absolute Gasteiger partial charge is 0.255 e. The summed E-state index contributed by atoms with van der Waals surface area (Å²) < 4.78 is 11.2. The average molecular weight is 365 g/mol. The van der Waals surface area contributed by atoms with E-state index in [1.807, 2.05) is 50.2 Å². The molecule has 1 fully saturated rings. The molecule has 0 bridgehead atoms. The Morgan fingerprint density at radius 3 is 2.63 bits per heavy atom. The van der Waals surface area contributed by atoms with E-state index in [0.717, 1.165) is 40.9 Å². The Balaban J connectivity index is 1.60. The highest BCUT2D eigenvalue weighted by Gasteiger charge is 2.20. The molecule has 3 aromatic rings. The highest BCUT2D eigenvalue weighted by Crippen LogP contribution is 2.28. The van der Waals surface area contributed by atoms with Gasteiger partial charge in [-0.25, -0.2) is 0 Å². The SMILES string of the molecule is Cc1noc(C)c1COc1cc2ccccc2cc1C(=O)NCC1CNC1. The van der Waals surface area contributed by atoms with Gasteiger partial charge in [-0.1, -0.05) is 29.4 Å². The van der Waals surface area contributed by atoms with Crippen LogP contribution in [0.5, 0.6) is 5.75 Å². The van der Waals surface area contributed by atoms with E-state index in [9.17, 15) is 4.79 Å². The topological polar surface area (TPSA) is 76.4 Å². The number of fused-ring (bicyclic) bond motifs is 1. The molecule has 0 aliphatic carbocycles. The third-order valence-corrected chi connectivity index (χ3v) is 5.06. The monoisotopic (exact) mass is 365 g/mol. The molecule has 1 saturated heterocycles. The van der Waals surface area contributed by atoms with Gasteiger partial charge in [0.25, 0.3) is 5.91 Å².